The molecule has 27 heavy (non-hydrogen) atoms. The molecule has 2 aromatic rings. The van der Waals surface area contributed by atoms with Crippen molar-refractivity contribution in [2.45, 2.75) is 26.5 Å². The van der Waals surface area contributed by atoms with Gasteiger partial charge in [0.1, 0.15) is 11.6 Å². The summed E-state index contributed by atoms with van der Waals surface area (Å²) in [5.41, 5.74) is 1.87. The van der Waals surface area contributed by atoms with E-state index in [2.05, 4.69) is 15.2 Å². The number of pyridine rings is 1. The van der Waals surface area contributed by atoms with Gasteiger partial charge < -0.3 is 19.7 Å². The Balaban J connectivity index is 1.60. The molecule has 0 aliphatic carbocycles. The second kappa shape index (κ2) is 9.06. The van der Waals surface area contributed by atoms with Crippen LogP contribution in [0, 0.1) is 6.92 Å². The molecule has 1 unspecified atom stereocenters. The monoisotopic (exact) mass is 389 g/mol. The van der Waals surface area contributed by atoms with E-state index in [1.807, 2.05) is 25.1 Å². The number of benzene rings is 1. The van der Waals surface area contributed by atoms with Crippen LogP contribution >= 0.6 is 11.6 Å². The van der Waals surface area contributed by atoms with Gasteiger partial charge in [-0.05, 0) is 43.7 Å². The minimum Gasteiger partial charge on any atom is -0.481 e. The zero-order valence-corrected chi connectivity index (χ0v) is 16.3. The molecule has 0 saturated carbocycles. The van der Waals surface area contributed by atoms with E-state index in [1.54, 1.807) is 25.3 Å². The number of carbonyl (C=O) groups is 1. The highest BCUT2D eigenvalue weighted by Crippen LogP contribution is 2.23. The van der Waals surface area contributed by atoms with Crippen LogP contribution in [0.2, 0.25) is 5.02 Å². The Labute approximate surface area is 164 Å². The summed E-state index contributed by atoms with van der Waals surface area (Å²) in [4.78, 5) is 19.1. The molecule has 7 heteroatoms. The molecule has 0 radical (unpaired) electrons. The first-order valence-corrected chi connectivity index (χ1v) is 9.39. The third-order valence-corrected chi connectivity index (χ3v) is 4.68. The standard InChI is InChI=1S/C20H24ClN3O3/c1-14-12-17(21)5-6-18(14)27-15(2)20(25)23-13-16-4-3-7-22-19(16)24-8-10-26-11-9-24/h3-7,12,15H,8-11,13H2,1-2H3,(H,23,25). The summed E-state index contributed by atoms with van der Waals surface area (Å²) >= 11 is 5.96. The van der Waals surface area contributed by atoms with Gasteiger partial charge in [-0.25, -0.2) is 4.98 Å². The topological polar surface area (TPSA) is 63.7 Å². The number of rotatable bonds is 6. The number of nitrogens with one attached hydrogen (secondary N) is 1. The number of hydrogen-bond donors (Lipinski definition) is 1. The lowest BCUT2D eigenvalue weighted by molar-refractivity contribution is -0.127. The van der Waals surface area contributed by atoms with E-state index in [-0.39, 0.29) is 5.91 Å². The number of amides is 1. The van der Waals surface area contributed by atoms with E-state index < -0.39 is 6.10 Å². The maximum Gasteiger partial charge on any atom is 0.261 e. The van der Waals surface area contributed by atoms with Crippen molar-refractivity contribution in [1.29, 1.82) is 0 Å². The van der Waals surface area contributed by atoms with Crippen LogP contribution in [-0.4, -0.2) is 43.3 Å². The lowest BCUT2D eigenvalue weighted by Gasteiger charge is -2.29. The van der Waals surface area contributed by atoms with E-state index in [0.29, 0.717) is 30.5 Å². The summed E-state index contributed by atoms with van der Waals surface area (Å²) in [6.07, 6.45) is 1.15. The summed E-state index contributed by atoms with van der Waals surface area (Å²) in [6, 6.07) is 9.19. The molecular formula is C20H24ClN3O3. The van der Waals surface area contributed by atoms with E-state index >= 15 is 0 Å². The van der Waals surface area contributed by atoms with Crippen LogP contribution < -0.4 is 15.0 Å². The lowest BCUT2D eigenvalue weighted by Crippen LogP contribution is -2.39. The fourth-order valence-electron chi connectivity index (χ4n) is 2.94. The van der Waals surface area contributed by atoms with Gasteiger partial charge in [0.2, 0.25) is 0 Å². The van der Waals surface area contributed by atoms with Gasteiger partial charge in [0.25, 0.3) is 5.91 Å². The third kappa shape index (κ3) is 5.11. The predicted molar refractivity (Wildman–Crippen MR) is 105 cm³/mol. The fourth-order valence-corrected chi connectivity index (χ4v) is 3.17. The van der Waals surface area contributed by atoms with Crippen molar-refractivity contribution in [3.63, 3.8) is 0 Å². The summed E-state index contributed by atoms with van der Waals surface area (Å²) in [5, 5.41) is 3.58. The molecule has 6 nitrogen and oxygen atoms in total. The Bertz CT molecular complexity index is 794. The molecule has 1 aliphatic heterocycles. The number of ether oxygens (including phenoxy) is 2. The fraction of sp³-hybridized carbons (Fsp3) is 0.400. The summed E-state index contributed by atoms with van der Waals surface area (Å²) < 4.78 is 11.2. The average molecular weight is 390 g/mol. The molecule has 1 amide bonds. The van der Waals surface area contributed by atoms with Gasteiger partial charge in [-0.2, -0.15) is 0 Å². The van der Waals surface area contributed by atoms with Crippen molar-refractivity contribution in [1.82, 2.24) is 10.3 Å². The molecule has 1 aromatic carbocycles. The van der Waals surface area contributed by atoms with Gasteiger partial charge in [-0.1, -0.05) is 17.7 Å². The van der Waals surface area contributed by atoms with E-state index in [9.17, 15) is 4.79 Å². The highest BCUT2D eigenvalue weighted by atomic mass is 35.5. The Hall–Kier alpha value is -2.31. The van der Waals surface area contributed by atoms with Crippen molar-refractivity contribution < 1.29 is 14.3 Å². The molecule has 1 atom stereocenters. The van der Waals surface area contributed by atoms with Crippen LogP contribution in [0.4, 0.5) is 5.82 Å². The van der Waals surface area contributed by atoms with E-state index in [4.69, 9.17) is 21.1 Å². The van der Waals surface area contributed by atoms with Crippen LogP contribution in [0.15, 0.2) is 36.5 Å². The Morgan fingerprint density at radius 1 is 1.37 bits per heavy atom. The summed E-state index contributed by atoms with van der Waals surface area (Å²) in [6.45, 7) is 7.00. The normalized spacial score (nSPS) is 15.3. The largest absolute Gasteiger partial charge is 0.481 e. The molecule has 1 aromatic heterocycles. The maximum atomic E-state index is 12.5. The Morgan fingerprint density at radius 3 is 2.89 bits per heavy atom. The van der Waals surface area contributed by atoms with Crippen LogP contribution in [0.5, 0.6) is 5.75 Å². The number of anilines is 1. The zero-order valence-electron chi connectivity index (χ0n) is 15.6. The molecule has 0 bridgehead atoms. The molecule has 0 spiro atoms. The first-order chi connectivity index (χ1) is 13.0. The minimum absolute atomic E-state index is 0.180. The van der Waals surface area contributed by atoms with Crippen molar-refractivity contribution in [3.05, 3.63) is 52.7 Å². The Kier molecular flexibility index (Phi) is 6.53. The van der Waals surface area contributed by atoms with Gasteiger partial charge in [-0.15, -0.1) is 0 Å². The van der Waals surface area contributed by atoms with Crippen LogP contribution in [0.25, 0.3) is 0 Å². The number of aromatic nitrogens is 1. The smallest absolute Gasteiger partial charge is 0.261 e. The lowest BCUT2D eigenvalue weighted by atomic mass is 10.2. The van der Waals surface area contributed by atoms with E-state index in [1.165, 1.54) is 0 Å². The van der Waals surface area contributed by atoms with Crippen molar-refractivity contribution >= 4 is 23.3 Å². The van der Waals surface area contributed by atoms with Crippen LogP contribution in [0.1, 0.15) is 18.1 Å². The molecule has 1 saturated heterocycles. The van der Waals surface area contributed by atoms with Crippen molar-refractivity contribution in [3.8, 4) is 5.75 Å². The second-order valence-corrected chi connectivity index (χ2v) is 6.91. The van der Waals surface area contributed by atoms with Crippen LogP contribution in [0.3, 0.4) is 0 Å². The average Bonchev–Trinajstić information content (AvgIpc) is 2.69. The van der Waals surface area contributed by atoms with Gasteiger partial charge in [-0.3, -0.25) is 4.79 Å². The molecule has 144 valence electrons. The third-order valence-electron chi connectivity index (χ3n) is 4.44. The van der Waals surface area contributed by atoms with Crippen molar-refractivity contribution in [2.24, 2.45) is 0 Å². The number of halogens is 1. The van der Waals surface area contributed by atoms with Gasteiger partial charge in [0.05, 0.1) is 13.2 Å². The Morgan fingerprint density at radius 2 is 2.15 bits per heavy atom. The quantitative estimate of drug-likeness (QED) is 0.822. The molecule has 1 fully saturated rings. The summed E-state index contributed by atoms with van der Waals surface area (Å²) in [7, 11) is 0. The van der Waals surface area contributed by atoms with Crippen LogP contribution in [-0.2, 0) is 16.1 Å². The number of nitrogens with zero attached hydrogens (tertiary/aromatic N) is 2. The zero-order chi connectivity index (χ0) is 19.2. The molecule has 1 N–H and O–H groups in total. The number of aryl methyl sites for hydroxylation is 1. The number of carbonyl (C=O) groups excluding carboxylic acids is 1. The number of hydrogen-bond acceptors (Lipinski definition) is 5. The molecule has 3 rings (SSSR count). The second-order valence-electron chi connectivity index (χ2n) is 6.47. The molecular weight excluding hydrogens is 366 g/mol. The first-order valence-electron chi connectivity index (χ1n) is 9.01. The van der Waals surface area contributed by atoms with E-state index in [0.717, 1.165) is 30.0 Å². The van der Waals surface area contributed by atoms with Crippen molar-refractivity contribution in [2.75, 3.05) is 31.2 Å². The first kappa shape index (κ1) is 19.5. The highest BCUT2D eigenvalue weighted by Gasteiger charge is 2.19. The minimum atomic E-state index is -0.617. The number of morpholine rings is 1. The SMILES string of the molecule is Cc1cc(Cl)ccc1OC(C)C(=O)NCc1cccnc1N1CCOCC1. The predicted octanol–water partition coefficient (Wildman–Crippen LogP) is 2.96. The van der Waals surface area contributed by atoms with Gasteiger partial charge in [0, 0.05) is 36.4 Å². The molecule has 2 heterocycles. The maximum absolute atomic E-state index is 12.5. The van der Waals surface area contributed by atoms with Gasteiger partial charge in [0.15, 0.2) is 6.10 Å². The van der Waals surface area contributed by atoms with Gasteiger partial charge >= 0.3 is 0 Å². The summed E-state index contributed by atoms with van der Waals surface area (Å²) in [5.74, 6) is 1.36. The highest BCUT2D eigenvalue weighted by molar-refractivity contribution is 6.30. The molecule has 1 aliphatic rings.